The van der Waals surface area contributed by atoms with Gasteiger partial charge in [0.15, 0.2) is 0 Å². The van der Waals surface area contributed by atoms with Gasteiger partial charge in [-0.2, -0.15) is 26.3 Å². The zero-order valence-corrected chi connectivity index (χ0v) is 17.2. The topological polar surface area (TPSA) is 45.1 Å². The molecule has 0 unspecified atom stereocenters. The molecule has 1 aromatic heterocycles. The molecule has 1 heterocycles. The Morgan fingerprint density at radius 1 is 0.903 bits per heavy atom. The van der Waals surface area contributed by atoms with Crippen LogP contribution >= 0.6 is 0 Å². The molecule has 0 saturated carbocycles. The molecule has 0 fully saturated rings. The average molecular weight is 448 g/mol. The monoisotopic (exact) mass is 448 g/mol. The Hall–Kier alpha value is -2.13. The molecule has 31 heavy (non-hydrogen) atoms. The first-order valence-corrected chi connectivity index (χ1v) is 10.2. The normalized spacial score (nSPS) is 13.4. The molecule has 0 saturated heterocycles. The van der Waals surface area contributed by atoms with Gasteiger partial charge in [-0.25, -0.2) is 4.98 Å². The van der Waals surface area contributed by atoms with E-state index >= 15 is 0 Å². The number of nitrogens with zero attached hydrogens (tertiary/aromatic N) is 1. The molecule has 0 aliphatic heterocycles. The highest BCUT2D eigenvalue weighted by molar-refractivity contribution is 5.61. The highest BCUT2D eigenvalue weighted by atomic mass is 19.4. The summed E-state index contributed by atoms with van der Waals surface area (Å²) in [6.07, 6.45) is -5.23. The maximum Gasteiger partial charge on any atom is 0.433 e. The Balaban J connectivity index is 2.16. The second-order valence-corrected chi connectivity index (χ2v) is 7.38. The third kappa shape index (κ3) is 7.81. The largest absolute Gasteiger partial charge is 0.433 e. The van der Waals surface area contributed by atoms with Gasteiger partial charge in [-0.3, -0.25) is 0 Å². The summed E-state index contributed by atoms with van der Waals surface area (Å²) in [5.74, 6) is 0. The Bertz CT molecular complexity index is 818. The molecule has 0 radical (unpaired) electrons. The Morgan fingerprint density at radius 2 is 1.55 bits per heavy atom. The minimum absolute atomic E-state index is 0.00398. The van der Waals surface area contributed by atoms with E-state index in [4.69, 9.17) is 0 Å². The molecule has 1 atom stereocenters. The summed E-state index contributed by atoms with van der Waals surface area (Å²) in [4.78, 5) is 3.55. The van der Waals surface area contributed by atoms with E-state index in [9.17, 15) is 31.4 Å². The standard InChI is InChI=1S/C22H26F6N2O/c1-2-3-4-5-6-11-29-14-19(31)16-12-18(30-20(13-16)22(26,27)28)15-7-9-17(10-8-15)21(23,24)25/h7-10,12-13,19,29,31H,2-6,11,14H2,1H3/t19-/m0/s1. The lowest BCUT2D eigenvalue weighted by molar-refractivity contribution is -0.141. The van der Waals surface area contributed by atoms with Crippen molar-refractivity contribution >= 4 is 0 Å². The van der Waals surface area contributed by atoms with E-state index in [0.717, 1.165) is 62.4 Å². The van der Waals surface area contributed by atoms with Gasteiger partial charge in [-0.1, -0.05) is 44.7 Å². The molecule has 0 spiro atoms. The molecular formula is C22H26F6N2O. The van der Waals surface area contributed by atoms with Gasteiger partial charge in [0.1, 0.15) is 5.69 Å². The van der Waals surface area contributed by atoms with Gasteiger partial charge in [-0.15, -0.1) is 0 Å². The van der Waals surface area contributed by atoms with E-state index in [0.29, 0.717) is 6.54 Å². The highest BCUT2D eigenvalue weighted by Crippen LogP contribution is 2.34. The lowest BCUT2D eigenvalue weighted by Crippen LogP contribution is -2.23. The quantitative estimate of drug-likeness (QED) is 0.328. The van der Waals surface area contributed by atoms with Crippen molar-refractivity contribution in [3.05, 3.63) is 53.2 Å². The molecule has 0 aliphatic rings. The first-order chi connectivity index (χ1) is 14.5. The van der Waals surface area contributed by atoms with Crippen molar-refractivity contribution in [3.8, 4) is 11.3 Å². The third-order valence-corrected chi connectivity index (χ3v) is 4.83. The van der Waals surface area contributed by atoms with E-state index in [1.54, 1.807) is 0 Å². The first-order valence-electron chi connectivity index (χ1n) is 10.2. The lowest BCUT2D eigenvalue weighted by Gasteiger charge is -2.16. The summed E-state index contributed by atoms with van der Waals surface area (Å²) in [5, 5.41) is 13.4. The molecular weight excluding hydrogens is 422 g/mol. The summed E-state index contributed by atoms with van der Waals surface area (Å²) >= 11 is 0. The molecule has 2 N–H and O–H groups in total. The van der Waals surface area contributed by atoms with Crippen LogP contribution in [-0.4, -0.2) is 23.2 Å². The fourth-order valence-corrected chi connectivity index (χ4v) is 3.08. The van der Waals surface area contributed by atoms with E-state index in [2.05, 4.69) is 17.2 Å². The van der Waals surface area contributed by atoms with Gasteiger partial charge in [-0.05, 0) is 42.8 Å². The van der Waals surface area contributed by atoms with Crippen LogP contribution in [0.15, 0.2) is 36.4 Å². The first kappa shape index (κ1) is 25.1. The van der Waals surface area contributed by atoms with Crippen molar-refractivity contribution in [2.45, 2.75) is 57.5 Å². The highest BCUT2D eigenvalue weighted by Gasteiger charge is 2.34. The van der Waals surface area contributed by atoms with Crippen LogP contribution in [0.25, 0.3) is 11.3 Å². The minimum Gasteiger partial charge on any atom is -0.387 e. The molecule has 172 valence electrons. The number of aliphatic hydroxyl groups is 1. The van der Waals surface area contributed by atoms with Crippen LogP contribution in [0.2, 0.25) is 0 Å². The molecule has 3 nitrogen and oxygen atoms in total. The fourth-order valence-electron chi connectivity index (χ4n) is 3.08. The molecule has 1 aromatic carbocycles. The number of hydrogen-bond donors (Lipinski definition) is 2. The zero-order valence-electron chi connectivity index (χ0n) is 17.2. The average Bonchev–Trinajstić information content (AvgIpc) is 2.71. The van der Waals surface area contributed by atoms with Crippen LogP contribution < -0.4 is 5.32 Å². The summed E-state index contributed by atoms with van der Waals surface area (Å²) in [5.41, 5.74) is -2.19. The Morgan fingerprint density at radius 3 is 2.13 bits per heavy atom. The lowest BCUT2D eigenvalue weighted by atomic mass is 10.0. The molecule has 2 rings (SSSR count). The van der Waals surface area contributed by atoms with Gasteiger partial charge in [0.2, 0.25) is 0 Å². The Kier molecular flexibility index (Phi) is 8.88. The maximum atomic E-state index is 13.3. The van der Waals surface area contributed by atoms with Crippen molar-refractivity contribution in [2.24, 2.45) is 0 Å². The number of nitrogens with one attached hydrogen (secondary N) is 1. The SMILES string of the molecule is CCCCCCCNC[C@H](O)c1cc(-c2ccc(C(F)(F)F)cc2)nc(C(F)(F)F)c1. The molecule has 0 bridgehead atoms. The van der Waals surface area contributed by atoms with Gasteiger partial charge in [0, 0.05) is 12.1 Å². The third-order valence-electron chi connectivity index (χ3n) is 4.83. The van der Waals surface area contributed by atoms with Gasteiger partial charge in [0.05, 0.1) is 17.4 Å². The summed E-state index contributed by atoms with van der Waals surface area (Å²) in [6, 6.07) is 5.74. The number of aromatic nitrogens is 1. The number of aliphatic hydroxyl groups excluding tert-OH is 1. The zero-order chi connectivity index (χ0) is 23.1. The Labute approximate surface area is 177 Å². The summed E-state index contributed by atoms with van der Waals surface area (Å²) in [7, 11) is 0. The van der Waals surface area contributed by atoms with Crippen molar-refractivity contribution in [2.75, 3.05) is 13.1 Å². The van der Waals surface area contributed by atoms with Crippen molar-refractivity contribution in [3.63, 3.8) is 0 Å². The van der Waals surface area contributed by atoms with Crippen molar-refractivity contribution in [1.82, 2.24) is 10.3 Å². The molecule has 0 aliphatic carbocycles. The predicted octanol–water partition coefficient (Wildman–Crippen LogP) is 6.38. The van der Waals surface area contributed by atoms with Gasteiger partial charge >= 0.3 is 12.4 Å². The van der Waals surface area contributed by atoms with Crippen LogP contribution in [0.5, 0.6) is 0 Å². The second-order valence-electron chi connectivity index (χ2n) is 7.38. The molecule has 0 amide bonds. The smallest absolute Gasteiger partial charge is 0.387 e. The van der Waals surface area contributed by atoms with Gasteiger partial charge in [0.25, 0.3) is 0 Å². The fraction of sp³-hybridized carbons (Fsp3) is 0.500. The van der Waals surface area contributed by atoms with Crippen LogP contribution in [0.3, 0.4) is 0 Å². The van der Waals surface area contributed by atoms with Crippen LogP contribution in [-0.2, 0) is 12.4 Å². The number of pyridine rings is 1. The van der Waals surface area contributed by atoms with E-state index in [1.165, 1.54) is 6.07 Å². The predicted molar refractivity (Wildman–Crippen MR) is 106 cm³/mol. The van der Waals surface area contributed by atoms with Crippen LogP contribution in [0.4, 0.5) is 26.3 Å². The molecule has 9 heteroatoms. The van der Waals surface area contributed by atoms with E-state index < -0.39 is 29.7 Å². The van der Waals surface area contributed by atoms with Crippen LogP contribution in [0, 0.1) is 0 Å². The van der Waals surface area contributed by atoms with Gasteiger partial charge < -0.3 is 10.4 Å². The second kappa shape index (κ2) is 10.9. The summed E-state index contributed by atoms with van der Waals surface area (Å²) in [6.45, 7) is 2.79. The number of alkyl halides is 6. The number of hydrogen-bond acceptors (Lipinski definition) is 3. The number of halogens is 6. The molecule has 2 aromatic rings. The van der Waals surface area contributed by atoms with Crippen molar-refractivity contribution in [1.29, 1.82) is 0 Å². The summed E-state index contributed by atoms with van der Waals surface area (Å²) < 4.78 is 78.1. The van der Waals surface area contributed by atoms with E-state index in [1.807, 2.05) is 0 Å². The van der Waals surface area contributed by atoms with E-state index in [-0.39, 0.29) is 23.4 Å². The van der Waals surface area contributed by atoms with Crippen molar-refractivity contribution < 1.29 is 31.4 Å². The number of benzene rings is 1. The maximum absolute atomic E-state index is 13.3. The van der Waals surface area contributed by atoms with Crippen LogP contribution in [0.1, 0.15) is 62.0 Å². The number of unbranched alkanes of at least 4 members (excludes halogenated alkanes) is 4. The number of rotatable bonds is 10. The minimum atomic E-state index is -4.76.